The minimum Gasteiger partial charge on any atom is -0.478 e. The second kappa shape index (κ2) is 6.63. The summed E-state index contributed by atoms with van der Waals surface area (Å²) < 4.78 is 3.23. The molecule has 3 aromatic rings. The van der Waals surface area contributed by atoms with Crippen LogP contribution in [0.3, 0.4) is 0 Å². The highest BCUT2D eigenvalue weighted by atomic mass is 16.4. The Hall–Kier alpha value is -3.75. The number of aromatic carboxylic acids is 2. The van der Waals surface area contributed by atoms with Gasteiger partial charge in [0, 0.05) is 22.6 Å². The first kappa shape index (κ1) is 17.1. The van der Waals surface area contributed by atoms with Crippen LogP contribution in [-0.4, -0.2) is 47.8 Å². The quantitative estimate of drug-likeness (QED) is 0.676. The zero-order valence-corrected chi connectivity index (χ0v) is 14.0. The summed E-state index contributed by atoms with van der Waals surface area (Å²) in [5.74, 6) is -2.38. The Kier molecular flexibility index (Phi) is 4.36. The van der Waals surface area contributed by atoms with Crippen molar-refractivity contribution >= 4 is 18.2 Å². The monoisotopic (exact) mass is 353 g/mol. The molecule has 0 radical (unpaired) electrons. The van der Waals surface area contributed by atoms with Gasteiger partial charge in [-0.25, -0.2) is 14.3 Å². The molecule has 0 atom stereocenters. The molecule has 0 aliphatic heterocycles. The van der Waals surface area contributed by atoms with E-state index in [1.54, 1.807) is 10.8 Å². The van der Waals surface area contributed by atoms with Gasteiger partial charge in [-0.15, -0.1) is 10.2 Å². The number of carboxylic acid groups (broad SMARTS) is 2. The summed E-state index contributed by atoms with van der Waals surface area (Å²) in [4.78, 5) is 22.7. The molecule has 132 valence electrons. The summed E-state index contributed by atoms with van der Waals surface area (Å²) in [6, 6.07) is 5.89. The average Bonchev–Trinajstić information content (AvgIpc) is 3.20. The summed E-state index contributed by atoms with van der Waals surface area (Å²) in [6.45, 7) is 3.69. The van der Waals surface area contributed by atoms with Crippen molar-refractivity contribution in [2.75, 3.05) is 0 Å². The highest BCUT2D eigenvalue weighted by Crippen LogP contribution is 2.22. The molecule has 0 aliphatic carbocycles. The van der Waals surface area contributed by atoms with E-state index in [2.05, 4.69) is 15.3 Å². The molecule has 0 unspecified atom stereocenters. The number of hydrogen-bond acceptors (Lipinski definition) is 5. The molecule has 0 bridgehead atoms. The number of benzene rings is 1. The van der Waals surface area contributed by atoms with Gasteiger partial charge in [0.2, 0.25) is 0 Å². The third-order valence-corrected chi connectivity index (χ3v) is 3.88. The second-order valence-corrected chi connectivity index (χ2v) is 5.63. The zero-order valence-electron chi connectivity index (χ0n) is 14.0. The van der Waals surface area contributed by atoms with Crippen molar-refractivity contribution in [1.82, 2.24) is 19.4 Å². The fourth-order valence-corrected chi connectivity index (χ4v) is 2.69. The second-order valence-electron chi connectivity index (χ2n) is 5.63. The van der Waals surface area contributed by atoms with E-state index >= 15 is 0 Å². The Morgan fingerprint density at radius 3 is 2.12 bits per heavy atom. The third kappa shape index (κ3) is 3.22. The van der Waals surface area contributed by atoms with Gasteiger partial charge in [0.15, 0.2) is 0 Å². The van der Waals surface area contributed by atoms with Crippen LogP contribution < -0.4 is 0 Å². The lowest BCUT2D eigenvalue weighted by Gasteiger charge is -2.12. The molecule has 9 heteroatoms. The molecular weight excluding hydrogens is 338 g/mol. The van der Waals surface area contributed by atoms with Crippen LogP contribution in [0.1, 0.15) is 37.7 Å². The van der Waals surface area contributed by atoms with Crippen molar-refractivity contribution in [2.45, 2.75) is 13.8 Å². The number of carbonyl (C=O) groups is 2. The summed E-state index contributed by atoms with van der Waals surface area (Å²) in [5.41, 5.74) is 2.68. The molecule has 0 saturated heterocycles. The van der Waals surface area contributed by atoms with Crippen molar-refractivity contribution in [3.05, 3.63) is 65.0 Å². The van der Waals surface area contributed by atoms with E-state index in [4.69, 9.17) is 0 Å². The molecule has 0 aliphatic rings. The largest absolute Gasteiger partial charge is 0.478 e. The Labute approximate surface area is 147 Å². The van der Waals surface area contributed by atoms with Gasteiger partial charge in [-0.05, 0) is 38.1 Å². The van der Waals surface area contributed by atoms with Gasteiger partial charge in [0.1, 0.15) is 12.7 Å². The molecule has 2 aromatic heterocycles. The number of hydrogen-bond donors (Lipinski definition) is 2. The lowest BCUT2D eigenvalue weighted by molar-refractivity contribution is 0.0696. The van der Waals surface area contributed by atoms with Crippen LogP contribution in [0.15, 0.2) is 42.0 Å². The van der Waals surface area contributed by atoms with E-state index < -0.39 is 11.9 Å². The molecule has 26 heavy (non-hydrogen) atoms. The molecule has 0 amide bonds. The van der Waals surface area contributed by atoms with Crippen LogP contribution in [0.2, 0.25) is 0 Å². The van der Waals surface area contributed by atoms with Crippen LogP contribution in [0.25, 0.3) is 5.69 Å². The van der Waals surface area contributed by atoms with Crippen molar-refractivity contribution in [3.8, 4) is 5.69 Å². The Morgan fingerprint density at radius 1 is 1.00 bits per heavy atom. The zero-order chi connectivity index (χ0) is 18.8. The summed E-state index contributed by atoms with van der Waals surface area (Å²) in [5, 5.41) is 30.0. The maximum absolute atomic E-state index is 11.3. The fourth-order valence-electron chi connectivity index (χ4n) is 2.69. The minimum absolute atomic E-state index is 0.0906. The normalized spacial score (nSPS) is 11.2. The van der Waals surface area contributed by atoms with Crippen molar-refractivity contribution in [3.63, 3.8) is 0 Å². The summed E-state index contributed by atoms with van der Waals surface area (Å²) >= 11 is 0. The topological polar surface area (TPSA) is 123 Å². The average molecular weight is 353 g/mol. The van der Waals surface area contributed by atoms with Crippen molar-refractivity contribution in [2.24, 2.45) is 5.10 Å². The smallest absolute Gasteiger partial charge is 0.335 e. The number of rotatable bonds is 5. The van der Waals surface area contributed by atoms with Gasteiger partial charge >= 0.3 is 11.9 Å². The molecule has 0 fully saturated rings. The standard InChI is InChI=1S/C17H15N5O4/c1-10-3-14(7-20-21-8-18-19-9-21)11(2)22(10)15-5-12(16(23)24)4-13(6-15)17(25)26/h3-9H,1-2H3,(H,23,24)(H,25,26)/b20-7-. The van der Waals surface area contributed by atoms with Crippen LogP contribution in [0, 0.1) is 13.8 Å². The molecule has 3 rings (SSSR count). The van der Waals surface area contributed by atoms with E-state index in [9.17, 15) is 19.8 Å². The van der Waals surface area contributed by atoms with Crippen molar-refractivity contribution in [1.29, 1.82) is 0 Å². The first-order chi connectivity index (χ1) is 12.4. The third-order valence-electron chi connectivity index (χ3n) is 3.88. The number of aryl methyl sites for hydroxylation is 1. The highest BCUT2D eigenvalue weighted by molar-refractivity contribution is 5.95. The lowest BCUT2D eigenvalue weighted by atomic mass is 10.1. The van der Waals surface area contributed by atoms with Crippen LogP contribution in [-0.2, 0) is 0 Å². The molecule has 1 aromatic carbocycles. The summed E-state index contributed by atoms with van der Waals surface area (Å²) in [7, 11) is 0. The maximum atomic E-state index is 11.3. The van der Waals surface area contributed by atoms with Gasteiger partial charge in [-0.2, -0.15) is 5.10 Å². The predicted octanol–water partition coefficient (Wildman–Crippen LogP) is 1.96. The predicted molar refractivity (Wildman–Crippen MR) is 92.2 cm³/mol. The number of nitrogens with zero attached hydrogens (tertiary/aromatic N) is 5. The first-order valence-corrected chi connectivity index (χ1v) is 7.57. The molecule has 0 spiro atoms. The SMILES string of the molecule is Cc1cc(/C=N\n2cnnc2)c(C)n1-c1cc(C(=O)O)cc(C(=O)O)c1. The van der Waals surface area contributed by atoms with Crippen LogP contribution in [0.4, 0.5) is 0 Å². The Balaban J connectivity index is 2.10. The van der Waals surface area contributed by atoms with Gasteiger partial charge in [0.25, 0.3) is 0 Å². The van der Waals surface area contributed by atoms with Gasteiger partial charge in [-0.1, -0.05) is 0 Å². The molecule has 2 N–H and O–H groups in total. The van der Waals surface area contributed by atoms with Crippen LogP contribution in [0.5, 0.6) is 0 Å². The van der Waals surface area contributed by atoms with Gasteiger partial charge < -0.3 is 14.8 Å². The van der Waals surface area contributed by atoms with E-state index in [1.165, 1.54) is 29.5 Å². The molecule has 2 heterocycles. The number of aromatic nitrogens is 4. The highest BCUT2D eigenvalue weighted by Gasteiger charge is 2.15. The molecular formula is C17H15N5O4. The first-order valence-electron chi connectivity index (χ1n) is 7.57. The van der Waals surface area contributed by atoms with Crippen molar-refractivity contribution < 1.29 is 19.8 Å². The lowest BCUT2D eigenvalue weighted by Crippen LogP contribution is -2.07. The fraction of sp³-hybridized carbons (Fsp3) is 0.118. The van der Waals surface area contributed by atoms with Gasteiger partial charge in [-0.3, -0.25) is 0 Å². The molecule has 0 saturated carbocycles. The minimum atomic E-state index is -1.19. The summed E-state index contributed by atoms with van der Waals surface area (Å²) in [6.07, 6.45) is 4.53. The van der Waals surface area contributed by atoms with Crippen LogP contribution >= 0.6 is 0 Å². The van der Waals surface area contributed by atoms with E-state index in [0.29, 0.717) is 5.69 Å². The van der Waals surface area contributed by atoms with E-state index in [-0.39, 0.29) is 11.1 Å². The number of carboxylic acids is 2. The van der Waals surface area contributed by atoms with E-state index in [0.717, 1.165) is 23.0 Å². The van der Waals surface area contributed by atoms with E-state index in [1.807, 2.05) is 19.9 Å². The maximum Gasteiger partial charge on any atom is 0.335 e. The Morgan fingerprint density at radius 2 is 1.58 bits per heavy atom. The molecule has 9 nitrogen and oxygen atoms in total. The van der Waals surface area contributed by atoms with Gasteiger partial charge in [0.05, 0.1) is 17.3 Å². The Bertz CT molecular complexity index is 986.